The van der Waals surface area contributed by atoms with Crippen molar-refractivity contribution in [3.8, 4) is 0 Å². The van der Waals surface area contributed by atoms with E-state index in [1.165, 1.54) is 11.1 Å². The lowest BCUT2D eigenvalue weighted by Gasteiger charge is -2.42. The van der Waals surface area contributed by atoms with Gasteiger partial charge in [-0.25, -0.2) is 0 Å². The maximum Gasteiger partial charge on any atom is 0.314 e. The summed E-state index contributed by atoms with van der Waals surface area (Å²) in [7, 11) is 2.12. The zero-order valence-electron chi connectivity index (χ0n) is 19.0. The zero-order chi connectivity index (χ0) is 21.4. The Hall–Kier alpha value is -1.62. The molecule has 1 heterocycles. The number of rotatable bonds is 5. The van der Waals surface area contributed by atoms with Crippen LogP contribution in [0.15, 0.2) is 22.8 Å². The standard InChI is InChI=1S/C23H37NO4/c1-10-14-16(20(25)27-12-3)17(21(26)28-13-4)15(11-2)19-18(14)22(5,6)24(9)23(19,7)8/h10,15-17H,11-13H2,1-9H3/b14-10+. The predicted octanol–water partition coefficient (Wildman–Crippen LogP) is 4.13. The molecule has 158 valence electrons. The number of ether oxygens (including phenoxy) is 2. The van der Waals surface area contributed by atoms with E-state index in [-0.39, 0.29) is 28.9 Å². The largest absolute Gasteiger partial charge is 0.466 e. The fourth-order valence-electron chi connectivity index (χ4n) is 5.42. The number of esters is 2. The third-order valence-corrected chi connectivity index (χ3v) is 6.85. The number of carbonyl (C=O) groups excluding carboxylic acids is 2. The Labute approximate surface area is 170 Å². The summed E-state index contributed by atoms with van der Waals surface area (Å²) in [4.78, 5) is 28.5. The van der Waals surface area contributed by atoms with E-state index < -0.39 is 11.8 Å². The van der Waals surface area contributed by atoms with Crippen molar-refractivity contribution in [3.63, 3.8) is 0 Å². The van der Waals surface area contributed by atoms with Crippen molar-refractivity contribution in [1.82, 2.24) is 4.90 Å². The molecule has 0 spiro atoms. The van der Waals surface area contributed by atoms with Crippen molar-refractivity contribution in [2.75, 3.05) is 20.3 Å². The average molecular weight is 392 g/mol. The monoisotopic (exact) mass is 391 g/mol. The molecule has 0 fully saturated rings. The van der Waals surface area contributed by atoms with Crippen LogP contribution < -0.4 is 0 Å². The summed E-state index contributed by atoms with van der Waals surface area (Å²) in [5.41, 5.74) is 2.89. The van der Waals surface area contributed by atoms with Crippen LogP contribution in [0.3, 0.4) is 0 Å². The first-order chi connectivity index (χ1) is 13.0. The summed E-state index contributed by atoms with van der Waals surface area (Å²) in [5, 5.41) is 0. The molecule has 0 aromatic heterocycles. The molecule has 0 N–H and O–H groups in total. The lowest BCUT2D eigenvalue weighted by Crippen LogP contribution is -2.48. The third kappa shape index (κ3) is 3.22. The van der Waals surface area contributed by atoms with Gasteiger partial charge in [-0.3, -0.25) is 14.5 Å². The first kappa shape index (κ1) is 22.7. The van der Waals surface area contributed by atoms with Crippen molar-refractivity contribution >= 4 is 11.9 Å². The predicted molar refractivity (Wildman–Crippen MR) is 111 cm³/mol. The van der Waals surface area contributed by atoms with Gasteiger partial charge in [-0.05, 0) is 84.6 Å². The Morgan fingerprint density at radius 1 is 1.00 bits per heavy atom. The van der Waals surface area contributed by atoms with Crippen LogP contribution in [0.5, 0.6) is 0 Å². The minimum atomic E-state index is -0.630. The Bertz CT molecular complexity index is 701. The van der Waals surface area contributed by atoms with Gasteiger partial charge in [0.05, 0.1) is 25.0 Å². The molecule has 0 amide bonds. The van der Waals surface area contributed by atoms with E-state index >= 15 is 0 Å². The zero-order valence-corrected chi connectivity index (χ0v) is 19.0. The molecule has 5 heteroatoms. The summed E-state index contributed by atoms with van der Waals surface area (Å²) in [6.07, 6.45) is 2.76. The van der Waals surface area contributed by atoms with E-state index in [2.05, 4.69) is 46.6 Å². The van der Waals surface area contributed by atoms with Crippen LogP contribution in [0.2, 0.25) is 0 Å². The molecule has 0 saturated carbocycles. The molecular weight excluding hydrogens is 354 g/mol. The molecule has 2 aliphatic rings. The summed E-state index contributed by atoms with van der Waals surface area (Å²) < 4.78 is 10.9. The minimum Gasteiger partial charge on any atom is -0.466 e. The number of nitrogens with zero attached hydrogens (tertiary/aromatic N) is 1. The van der Waals surface area contributed by atoms with Gasteiger partial charge in [-0.2, -0.15) is 0 Å². The molecule has 0 aromatic carbocycles. The summed E-state index contributed by atoms with van der Waals surface area (Å²) in [6.45, 7) is 17.0. The molecule has 28 heavy (non-hydrogen) atoms. The highest BCUT2D eigenvalue weighted by Crippen LogP contribution is 2.58. The van der Waals surface area contributed by atoms with Gasteiger partial charge in [0, 0.05) is 11.1 Å². The van der Waals surface area contributed by atoms with Gasteiger partial charge in [0.2, 0.25) is 0 Å². The molecule has 0 bridgehead atoms. The highest BCUT2D eigenvalue weighted by molar-refractivity contribution is 5.88. The second-order valence-corrected chi connectivity index (χ2v) is 8.73. The third-order valence-electron chi connectivity index (χ3n) is 6.85. The summed E-state index contributed by atoms with van der Waals surface area (Å²) in [5.74, 6) is -1.89. The van der Waals surface area contributed by atoms with Gasteiger partial charge in [-0.15, -0.1) is 0 Å². The summed E-state index contributed by atoms with van der Waals surface area (Å²) in [6, 6.07) is 0. The Morgan fingerprint density at radius 3 is 2.00 bits per heavy atom. The highest BCUT2D eigenvalue weighted by atomic mass is 16.5. The van der Waals surface area contributed by atoms with Gasteiger partial charge in [0.25, 0.3) is 0 Å². The Morgan fingerprint density at radius 2 is 1.54 bits per heavy atom. The van der Waals surface area contributed by atoms with Crippen LogP contribution in [0.4, 0.5) is 0 Å². The SMILES string of the molecule is C/C=C1/C2=C(C(CC)C(C(=O)OCC)C1C(=O)OCC)C(C)(C)N(C)C2(C)C. The maximum atomic E-state index is 13.1. The average Bonchev–Trinajstić information content (AvgIpc) is 2.77. The number of hydrogen-bond acceptors (Lipinski definition) is 5. The first-order valence-electron chi connectivity index (χ1n) is 10.5. The smallest absolute Gasteiger partial charge is 0.314 e. The van der Waals surface area contributed by atoms with E-state index in [4.69, 9.17) is 9.47 Å². The molecule has 0 saturated heterocycles. The normalized spacial score (nSPS) is 30.3. The lowest BCUT2D eigenvalue weighted by molar-refractivity contribution is -0.161. The number of likely N-dealkylation sites (N-methyl/N-ethyl adjacent to an activating group) is 1. The van der Waals surface area contributed by atoms with Crippen LogP contribution in [-0.4, -0.2) is 48.2 Å². The van der Waals surface area contributed by atoms with Crippen molar-refractivity contribution in [3.05, 3.63) is 22.8 Å². The van der Waals surface area contributed by atoms with Crippen molar-refractivity contribution < 1.29 is 19.1 Å². The topological polar surface area (TPSA) is 55.8 Å². The fraction of sp³-hybridized carbons (Fsp3) is 0.739. The number of allylic oxidation sites excluding steroid dienone is 1. The maximum absolute atomic E-state index is 13.1. The number of hydrogen-bond donors (Lipinski definition) is 0. The first-order valence-corrected chi connectivity index (χ1v) is 10.5. The second kappa shape index (κ2) is 8.02. The molecule has 0 aromatic rings. The molecule has 5 nitrogen and oxygen atoms in total. The van der Waals surface area contributed by atoms with Crippen LogP contribution in [0.1, 0.15) is 61.8 Å². The van der Waals surface area contributed by atoms with Gasteiger partial charge in [-0.1, -0.05) is 13.0 Å². The van der Waals surface area contributed by atoms with Crippen molar-refractivity contribution in [2.45, 2.75) is 72.9 Å². The second-order valence-electron chi connectivity index (χ2n) is 8.73. The molecule has 0 radical (unpaired) electrons. The fourth-order valence-corrected chi connectivity index (χ4v) is 5.42. The number of carbonyl (C=O) groups is 2. The van der Waals surface area contributed by atoms with Crippen molar-refractivity contribution in [2.24, 2.45) is 17.8 Å². The van der Waals surface area contributed by atoms with Crippen molar-refractivity contribution in [1.29, 1.82) is 0 Å². The van der Waals surface area contributed by atoms with E-state index in [0.29, 0.717) is 13.2 Å². The minimum absolute atomic E-state index is 0.0635. The van der Waals surface area contributed by atoms with E-state index in [1.807, 2.05) is 13.0 Å². The van der Waals surface area contributed by atoms with Gasteiger partial charge in [0.1, 0.15) is 0 Å². The van der Waals surface area contributed by atoms with Gasteiger partial charge < -0.3 is 9.47 Å². The molecule has 2 rings (SSSR count). The molecule has 1 aliphatic heterocycles. The quantitative estimate of drug-likeness (QED) is 0.660. The van der Waals surface area contributed by atoms with Crippen LogP contribution >= 0.6 is 0 Å². The van der Waals surface area contributed by atoms with Crippen LogP contribution in [0.25, 0.3) is 0 Å². The van der Waals surface area contributed by atoms with E-state index in [0.717, 1.165) is 12.0 Å². The molecule has 3 atom stereocenters. The highest BCUT2D eigenvalue weighted by Gasteiger charge is 2.59. The summed E-state index contributed by atoms with van der Waals surface area (Å²) >= 11 is 0. The molecule has 1 aliphatic carbocycles. The lowest BCUT2D eigenvalue weighted by atomic mass is 9.61. The van der Waals surface area contributed by atoms with Crippen LogP contribution in [0, 0.1) is 17.8 Å². The van der Waals surface area contributed by atoms with E-state index in [9.17, 15) is 9.59 Å². The molecule has 3 unspecified atom stereocenters. The van der Waals surface area contributed by atoms with E-state index in [1.54, 1.807) is 13.8 Å². The Balaban J connectivity index is 2.82. The van der Waals surface area contributed by atoms with Gasteiger partial charge in [0.15, 0.2) is 0 Å². The van der Waals surface area contributed by atoms with Crippen LogP contribution in [-0.2, 0) is 19.1 Å². The Kier molecular flexibility index (Phi) is 6.49. The van der Waals surface area contributed by atoms with Gasteiger partial charge >= 0.3 is 11.9 Å². The molecular formula is C23H37NO4.